The minimum Gasteiger partial charge on any atom is -0.454 e. The first-order valence-electron chi connectivity index (χ1n) is 10.4. The van der Waals surface area contributed by atoms with Gasteiger partial charge in [0.25, 0.3) is 5.91 Å². The highest BCUT2D eigenvalue weighted by molar-refractivity contribution is 6.32. The fraction of sp³-hybridized carbons (Fsp3) is 0.115. The monoisotopic (exact) mass is 454 g/mol. The zero-order chi connectivity index (χ0) is 22.9. The molecule has 5 rings (SSSR count). The molecule has 0 unspecified atom stereocenters. The number of nitrogens with zero attached hydrogens (tertiary/aromatic N) is 4. The van der Waals surface area contributed by atoms with E-state index in [4.69, 9.17) is 16.3 Å². The van der Waals surface area contributed by atoms with E-state index in [-0.39, 0.29) is 11.7 Å². The maximum atomic E-state index is 13.3. The number of fused-ring (bicyclic) bond motifs is 1. The summed E-state index contributed by atoms with van der Waals surface area (Å²) in [7, 11) is 1.89. The van der Waals surface area contributed by atoms with Crippen molar-refractivity contribution in [1.82, 2.24) is 14.7 Å². The van der Waals surface area contributed by atoms with Crippen LogP contribution in [0.15, 0.2) is 73.1 Å². The van der Waals surface area contributed by atoms with Gasteiger partial charge in [0.1, 0.15) is 11.8 Å². The summed E-state index contributed by atoms with van der Waals surface area (Å²) in [5, 5.41) is 13.9. The number of carbonyl (C=O) groups is 1. The molecular weight excluding hydrogens is 436 g/mol. The molecule has 0 spiro atoms. The number of halogens is 1. The molecule has 6 nitrogen and oxygen atoms in total. The van der Waals surface area contributed by atoms with E-state index >= 15 is 0 Å². The van der Waals surface area contributed by atoms with Gasteiger partial charge in [0.15, 0.2) is 5.75 Å². The van der Waals surface area contributed by atoms with Crippen molar-refractivity contribution in [3.05, 3.63) is 100 Å². The van der Waals surface area contributed by atoms with Gasteiger partial charge in [-0.25, -0.2) is 0 Å². The van der Waals surface area contributed by atoms with E-state index in [0.29, 0.717) is 35.0 Å². The molecule has 1 aromatic heterocycles. The van der Waals surface area contributed by atoms with Crippen molar-refractivity contribution in [2.24, 2.45) is 7.05 Å². The second-order valence-electron chi connectivity index (χ2n) is 7.88. The van der Waals surface area contributed by atoms with Crippen LogP contribution in [0.2, 0.25) is 5.02 Å². The topological polar surface area (TPSA) is 71.2 Å². The van der Waals surface area contributed by atoms with Crippen molar-refractivity contribution < 1.29 is 9.53 Å². The van der Waals surface area contributed by atoms with Gasteiger partial charge < -0.3 is 9.64 Å². The Hall–Kier alpha value is -4.08. The number of para-hydroxylation sites is 1. The third-order valence-corrected chi connectivity index (χ3v) is 5.94. The molecule has 4 aromatic rings. The summed E-state index contributed by atoms with van der Waals surface area (Å²) in [5.41, 5.74) is 4.86. The summed E-state index contributed by atoms with van der Waals surface area (Å²) in [4.78, 5) is 15.1. The number of rotatable bonds is 5. The molecule has 0 N–H and O–H groups in total. The van der Waals surface area contributed by atoms with Gasteiger partial charge >= 0.3 is 0 Å². The molecule has 1 amide bonds. The van der Waals surface area contributed by atoms with Crippen LogP contribution in [0.5, 0.6) is 11.5 Å². The number of carbonyl (C=O) groups excluding carboxylic acids is 1. The first-order valence-corrected chi connectivity index (χ1v) is 10.8. The number of amides is 1. The third-order valence-electron chi connectivity index (χ3n) is 5.64. The van der Waals surface area contributed by atoms with Crippen LogP contribution in [-0.2, 0) is 20.1 Å². The van der Waals surface area contributed by atoms with E-state index in [0.717, 1.165) is 22.3 Å². The predicted octanol–water partition coefficient (Wildman–Crippen LogP) is 5.56. The molecule has 33 heavy (non-hydrogen) atoms. The van der Waals surface area contributed by atoms with Crippen molar-refractivity contribution in [1.29, 1.82) is 5.26 Å². The van der Waals surface area contributed by atoms with Crippen LogP contribution in [0.1, 0.15) is 27.0 Å². The van der Waals surface area contributed by atoms with Crippen molar-refractivity contribution in [3.63, 3.8) is 0 Å². The molecule has 0 aliphatic carbocycles. The van der Waals surface area contributed by atoms with Crippen LogP contribution >= 0.6 is 11.6 Å². The average molecular weight is 455 g/mol. The van der Waals surface area contributed by atoms with Crippen LogP contribution < -0.4 is 4.74 Å². The average Bonchev–Trinajstić information content (AvgIpc) is 3.39. The lowest BCUT2D eigenvalue weighted by atomic mass is 10.1. The number of aryl methyl sites for hydroxylation is 1. The summed E-state index contributed by atoms with van der Waals surface area (Å²) in [6.45, 7) is 0.971. The quantitative estimate of drug-likeness (QED) is 0.395. The van der Waals surface area contributed by atoms with E-state index in [2.05, 4.69) is 11.2 Å². The van der Waals surface area contributed by atoms with E-state index in [1.165, 1.54) is 0 Å². The van der Waals surface area contributed by atoms with Crippen molar-refractivity contribution >= 4 is 17.5 Å². The van der Waals surface area contributed by atoms with Gasteiger partial charge in [0.2, 0.25) is 0 Å². The SMILES string of the molecule is Cn1cc(-c2ccc(CN3Cc4cccc(Oc5c(Cl)cccc5C#N)c4C3=O)cc2)cn1. The molecular formula is C26H19ClN4O2. The molecule has 0 bridgehead atoms. The van der Waals surface area contributed by atoms with E-state index in [1.807, 2.05) is 55.8 Å². The lowest BCUT2D eigenvalue weighted by Gasteiger charge is -2.16. The Morgan fingerprint density at radius 3 is 2.61 bits per heavy atom. The summed E-state index contributed by atoms with van der Waals surface area (Å²) >= 11 is 6.26. The summed E-state index contributed by atoms with van der Waals surface area (Å²) < 4.78 is 7.77. The van der Waals surface area contributed by atoms with Gasteiger partial charge in [0.05, 0.1) is 22.3 Å². The van der Waals surface area contributed by atoms with E-state index in [1.54, 1.807) is 33.8 Å². The van der Waals surface area contributed by atoms with Gasteiger partial charge in [-0.15, -0.1) is 0 Å². The van der Waals surface area contributed by atoms with Crippen molar-refractivity contribution in [2.75, 3.05) is 0 Å². The minimum absolute atomic E-state index is 0.109. The Morgan fingerprint density at radius 2 is 1.88 bits per heavy atom. The van der Waals surface area contributed by atoms with Gasteiger partial charge in [-0.2, -0.15) is 10.4 Å². The number of hydrogen-bond acceptors (Lipinski definition) is 4. The molecule has 1 aliphatic rings. The highest BCUT2D eigenvalue weighted by atomic mass is 35.5. The Bertz CT molecular complexity index is 1400. The lowest BCUT2D eigenvalue weighted by molar-refractivity contribution is 0.0765. The Kier molecular flexibility index (Phi) is 5.33. The largest absolute Gasteiger partial charge is 0.454 e. The highest BCUT2D eigenvalue weighted by Crippen LogP contribution is 2.38. The van der Waals surface area contributed by atoms with Crippen LogP contribution in [0.25, 0.3) is 11.1 Å². The Balaban J connectivity index is 1.37. The molecule has 0 atom stereocenters. The van der Waals surface area contributed by atoms with Gasteiger partial charge in [-0.3, -0.25) is 9.48 Å². The lowest BCUT2D eigenvalue weighted by Crippen LogP contribution is -2.23. The minimum atomic E-state index is -0.109. The number of hydrogen-bond donors (Lipinski definition) is 0. The molecule has 0 fully saturated rings. The fourth-order valence-electron chi connectivity index (χ4n) is 4.00. The zero-order valence-corrected chi connectivity index (χ0v) is 18.6. The Morgan fingerprint density at radius 1 is 1.09 bits per heavy atom. The molecule has 2 heterocycles. The summed E-state index contributed by atoms with van der Waals surface area (Å²) in [5.74, 6) is 0.548. The first kappa shape index (κ1) is 20.8. The van der Waals surface area contributed by atoms with Crippen LogP contribution in [0, 0.1) is 11.3 Å². The number of benzene rings is 3. The van der Waals surface area contributed by atoms with Crippen molar-refractivity contribution in [3.8, 4) is 28.7 Å². The maximum absolute atomic E-state index is 13.3. The molecule has 0 saturated heterocycles. The number of ether oxygens (including phenoxy) is 1. The van der Waals surface area contributed by atoms with Gasteiger partial charge in [-0.1, -0.05) is 54.1 Å². The maximum Gasteiger partial charge on any atom is 0.258 e. The smallest absolute Gasteiger partial charge is 0.258 e. The zero-order valence-electron chi connectivity index (χ0n) is 17.8. The molecule has 3 aromatic carbocycles. The molecule has 0 saturated carbocycles. The summed E-state index contributed by atoms with van der Waals surface area (Å²) in [6, 6.07) is 20.7. The van der Waals surface area contributed by atoms with Gasteiger partial charge in [-0.05, 0) is 34.9 Å². The van der Waals surface area contributed by atoms with E-state index < -0.39 is 0 Å². The normalized spacial score (nSPS) is 12.5. The van der Waals surface area contributed by atoms with Crippen LogP contribution in [-0.4, -0.2) is 20.6 Å². The molecule has 7 heteroatoms. The first-order chi connectivity index (χ1) is 16.0. The van der Waals surface area contributed by atoms with Crippen molar-refractivity contribution in [2.45, 2.75) is 13.1 Å². The number of aromatic nitrogens is 2. The standard InChI is InChI=1S/C26H19ClN4O2/c1-30-15-21(13-29-30)18-10-8-17(9-11-18)14-31-16-20-5-3-7-23(24(20)26(31)32)33-25-19(12-28)4-2-6-22(25)27/h2-11,13,15H,14,16H2,1H3. The molecule has 0 radical (unpaired) electrons. The van der Waals surface area contributed by atoms with Gasteiger partial charge in [0, 0.05) is 31.9 Å². The fourth-order valence-corrected chi connectivity index (χ4v) is 4.22. The highest BCUT2D eigenvalue weighted by Gasteiger charge is 2.31. The predicted molar refractivity (Wildman–Crippen MR) is 125 cm³/mol. The third kappa shape index (κ3) is 3.95. The van der Waals surface area contributed by atoms with E-state index in [9.17, 15) is 10.1 Å². The molecule has 162 valence electrons. The number of nitriles is 1. The second kappa shape index (κ2) is 8.45. The second-order valence-corrected chi connectivity index (χ2v) is 8.29. The Labute approximate surface area is 196 Å². The molecule has 1 aliphatic heterocycles. The van der Waals surface area contributed by atoms with Crippen LogP contribution in [0.4, 0.5) is 0 Å². The van der Waals surface area contributed by atoms with Crippen LogP contribution in [0.3, 0.4) is 0 Å². The summed E-state index contributed by atoms with van der Waals surface area (Å²) in [6.07, 6.45) is 3.79.